The molecule has 5 heteroatoms. The van der Waals surface area contributed by atoms with Crippen LogP contribution < -0.4 is 10.6 Å². The number of nitrogens with zero attached hydrogens (tertiary/aromatic N) is 1. The molecule has 1 aliphatic carbocycles. The molecule has 1 fully saturated rings. The summed E-state index contributed by atoms with van der Waals surface area (Å²) in [5, 5.41) is 15.3. The molecule has 5 nitrogen and oxygen atoms in total. The minimum atomic E-state index is -0.503. The van der Waals surface area contributed by atoms with Crippen LogP contribution in [0.15, 0.2) is 24.3 Å². The van der Waals surface area contributed by atoms with Gasteiger partial charge in [0.2, 0.25) is 0 Å². The van der Waals surface area contributed by atoms with Crippen molar-refractivity contribution in [2.45, 2.75) is 38.4 Å². The molecule has 0 aromatic heterocycles. The summed E-state index contributed by atoms with van der Waals surface area (Å²) >= 11 is 0. The van der Waals surface area contributed by atoms with Crippen molar-refractivity contribution in [3.63, 3.8) is 0 Å². The van der Waals surface area contributed by atoms with Crippen molar-refractivity contribution in [2.75, 3.05) is 20.7 Å². The van der Waals surface area contributed by atoms with E-state index >= 15 is 0 Å². The first-order valence-electron chi connectivity index (χ1n) is 7.82. The summed E-state index contributed by atoms with van der Waals surface area (Å²) in [5.41, 5.74) is 1.80. The molecule has 22 heavy (non-hydrogen) atoms. The quantitative estimate of drug-likeness (QED) is 0.718. The van der Waals surface area contributed by atoms with E-state index in [1.54, 1.807) is 0 Å². The number of urea groups is 1. The Hall–Kier alpha value is -1.59. The number of carbonyl (C=O) groups is 1. The van der Waals surface area contributed by atoms with Crippen molar-refractivity contribution in [3.8, 4) is 0 Å². The Bertz CT molecular complexity index is 514. The molecule has 2 rings (SSSR count). The first-order chi connectivity index (χ1) is 10.4. The van der Waals surface area contributed by atoms with Crippen molar-refractivity contribution >= 4 is 6.03 Å². The van der Waals surface area contributed by atoms with Crippen molar-refractivity contribution in [2.24, 2.45) is 5.92 Å². The van der Waals surface area contributed by atoms with E-state index < -0.39 is 5.54 Å². The second-order valence-electron chi connectivity index (χ2n) is 6.72. The van der Waals surface area contributed by atoms with Gasteiger partial charge in [0.1, 0.15) is 0 Å². The largest absolute Gasteiger partial charge is 0.394 e. The van der Waals surface area contributed by atoms with Crippen molar-refractivity contribution in [1.29, 1.82) is 0 Å². The zero-order valence-electron chi connectivity index (χ0n) is 13.7. The second-order valence-corrected chi connectivity index (χ2v) is 6.72. The lowest BCUT2D eigenvalue weighted by Crippen LogP contribution is -2.53. The molecule has 1 aromatic rings. The number of benzene rings is 1. The maximum Gasteiger partial charge on any atom is 0.315 e. The first-order valence-corrected chi connectivity index (χ1v) is 7.82. The smallest absolute Gasteiger partial charge is 0.315 e. The van der Waals surface area contributed by atoms with E-state index in [1.165, 1.54) is 5.56 Å². The summed E-state index contributed by atoms with van der Waals surface area (Å²) < 4.78 is 0. The molecule has 1 aromatic carbocycles. The number of hydrogen-bond acceptors (Lipinski definition) is 3. The Labute approximate surface area is 132 Å². The van der Waals surface area contributed by atoms with Crippen LogP contribution in [0, 0.1) is 5.92 Å². The van der Waals surface area contributed by atoms with Gasteiger partial charge in [-0.15, -0.1) is 0 Å². The molecule has 2 amide bonds. The lowest BCUT2D eigenvalue weighted by atomic mass is 9.97. The minimum absolute atomic E-state index is 0.0244. The Morgan fingerprint density at radius 1 is 1.36 bits per heavy atom. The van der Waals surface area contributed by atoms with E-state index in [1.807, 2.05) is 33.2 Å². The van der Waals surface area contributed by atoms with Crippen LogP contribution in [0.1, 0.15) is 30.9 Å². The van der Waals surface area contributed by atoms with Crippen molar-refractivity contribution in [3.05, 3.63) is 35.4 Å². The van der Waals surface area contributed by atoms with Crippen LogP contribution in [0.4, 0.5) is 4.79 Å². The molecule has 3 N–H and O–H groups in total. The molecular weight excluding hydrogens is 278 g/mol. The predicted molar refractivity (Wildman–Crippen MR) is 87.4 cm³/mol. The molecule has 1 aliphatic rings. The van der Waals surface area contributed by atoms with Gasteiger partial charge in [-0.1, -0.05) is 24.3 Å². The number of carbonyl (C=O) groups excluding carboxylic acids is 1. The molecule has 0 radical (unpaired) electrons. The highest BCUT2D eigenvalue weighted by Crippen LogP contribution is 2.39. The number of nitrogens with one attached hydrogen (secondary N) is 2. The standard InChI is InChI=1S/C17H27N3O2/c1-17(12-21,15-7-8-15)19-16(22)18-10-13-5-4-6-14(9-13)11-20(2)3/h4-6,9,15,21H,7-8,10-12H2,1-3H3,(H2,18,19,22). The van der Waals surface area contributed by atoms with Gasteiger partial charge in [-0.2, -0.15) is 0 Å². The number of hydrogen-bond donors (Lipinski definition) is 3. The summed E-state index contributed by atoms with van der Waals surface area (Å²) in [4.78, 5) is 14.2. The van der Waals surface area contributed by atoms with Gasteiger partial charge in [-0.05, 0) is 50.9 Å². The minimum Gasteiger partial charge on any atom is -0.394 e. The van der Waals surface area contributed by atoms with Gasteiger partial charge in [0.15, 0.2) is 0 Å². The van der Waals surface area contributed by atoms with E-state index in [0.717, 1.165) is 24.9 Å². The third-order valence-corrected chi connectivity index (χ3v) is 4.15. The van der Waals surface area contributed by atoms with E-state index in [-0.39, 0.29) is 12.6 Å². The number of aliphatic hydroxyl groups excluding tert-OH is 1. The Morgan fingerprint density at radius 2 is 2.05 bits per heavy atom. The van der Waals surface area contributed by atoms with Gasteiger partial charge in [0.25, 0.3) is 0 Å². The maximum atomic E-state index is 12.0. The lowest BCUT2D eigenvalue weighted by Gasteiger charge is -2.28. The molecule has 0 bridgehead atoms. The third kappa shape index (κ3) is 4.71. The first kappa shape index (κ1) is 16.8. The lowest BCUT2D eigenvalue weighted by molar-refractivity contribution is 0.155. The van der Waals surface area contributed by atoms with E-state index in [9.17, 15) is 9.90 Å². The fourth-order valence-electron chi connectivity index (χ4n) is 2.68. The fraction of sp³-hybridized carbons (Fsp3) is 0.588. The van der Waals surface area contributed by atoms with Gasteiger partial charge in [0, 0.05) is 13.1 Å². The van der Waals surface area contributed by atoms with Crippen LogP contribution in [-0.4, -0.2) is 42.3 Å². The number of amides is 2. The average molecular weight is 305 g/mol. The van der Waals surface area contributed by atoms with Gasteiger partial charge >= 0.3 is 6.03 Å². The third-order valence-electron chi connectivity index (χ3n) is 4.15. The van der Waals surface area contributed by atoms with E-state index in [0.29, 0.717) is 12.5 Å². The number of rotatable bonds is 7. The van der Waals surface area contributed by atoms with Gasteiger partial charge < -0.3 is 20.6 Å². The molecule has 1 unspecified atom stereocenters. The van der Waals surface area contributed by atoms with Crippen LogP contribution in [0.5, 0.6) is 0 Å². The van der Waals surface area contributed by atoms with Gasteiger partial charge in [-0.3, -0.25) is 0 Å². The summed E-state index contributed by atoms with van der Waals surface area (Å²) in [6.07, 6.45) is 2.15. The van der Waals surface area contributed by atoms with E-state index in [2.05, 4.69) is 27.7 Å². The molecule has 0 spiro atoms. The highest BCUT2D eigenvalue weighted by Gasteiger charge is 2.42. The zero-order chi connectivity index (χ0) is 16.2. The van der Waals surface area contributed by atoms with E-state index in [4.69, 9.17) is 0 Å². The van der Waals surface area contributed by atoms with Crippen LogP contribution >= 0.6 is 0 Å². The summed E-state index contributed by atoms with van der Waals surface area (Å²) in [6.45, 7) is 3.24. The fourth-order valence-corrected chi connectivity index (χ4v) is 2.68. The van der Waals surface area contributed by atoms with Gasteiger partial charge in [-0.25, -0.2) is 4.79 Å². The topological polar surface area (TPSA) is 64.6 Å². The SMILES string of the molecule is CN(C)Cc1cccc(CNC(=O)NC(C)(CO)C2CC2)c1. The Kier molecular flexibility index (Phi) is 5.42. The zero-order valence-corrected chi connectivity index (χ0v) is 13.7. The molecule has 0 aliphatic heterocycles. The molecular formula is C17H27N3O2. The maximum absolute atomic E-state index is 12.0. The van der Waals surface area contributed by atoms with Gasteiger partial charge in [0.05, 0.1) is 12.1 Å². The van der Waals surface area contributed by atoms with Crippen molar-refractivity contribution < 1.29 is 9.90 Å². The highest BCUT2D eigenvalue weighted by atomic mass is 16.3. The Balaban J connectivity index is 1.85. The molecule has 0 heterocycles. The monoisotopic (exact) mass is 305 g/mol. The van der Waals surface area contributed by atoms with Crippen LogP contribution in [0.3, 0.4) is 0 Å². The summed E-state index contributed by atoms with van der Waals surface area (Å²) in [5.74, 6) is 0.395. The molecule has 0 saturated heterocycles. The predicted octanol–water partition coefficient (Wildman–Crippen LogP) is 1.71. The molecule has 1 atom stereocenters. The summed E-state index contributed by atoms with van der Waals surface area (Å²) in [6, 6.07) is 7.98. The van der Waals surface area contributed by atoms with Crippen LogP contribution in [-0.2, 0) is 13.1 Å². The number of aliphatic hydroxyl groups is 1. The normalized spacial score (nSPS) is 17.1. The average Bonchev–Trinajstić information content (AvgIpc) is 3.30. The molecule has 1 saturated carbocycles. The van der Waals surface area contributed by atoms with Crippen LogP contribution in [0.25, 0.3) is 0 Å². The highest BCUT2D eigenvalue weighted by molar-refractivity contribution is 5.74. The summed E-state index contributed by atoms with van der Waals surface area (Å²) in [7, 11) is 4.07. The Morgan fingerprint density at radius 3 is 2.64 bits per heavy atom. The van der Waals surface area contributed by atoms with Crippen LogP contribution in [0.2, 0.25) is 0 Å². The molecule has 122 valence electrons. The second kappa shape index (κ2) is 7.11. The van der Waals surface area contributed by atoms with Crippen molar-refractivity contribution in [1.82, 2.24) is 15.5 Å².